The minimum Gasteiger partial charge on any atom is -0.481 e. The van der Waals surface area contributed by atoms with Crippen molar-refractivity contribution in [3.63, 3.8) is 0 Å². The van der Waals surface area contributed by atoms with Crippen molar-refractivity contribution in [1.82, 2.24) is 14.3 Å². The minimum absolute atomic E-state index is 0.0165. The summed E-state index contributed by atoms with van der Waals surface area (Å²) in [6, 6.07) is 3.46. The quantitative estimate of drug-likeness (QED) is 0.915. The van der Waals surface area contributed by atoms with Crippen molar-refractivity contribution < 1.29 is 14.7 Å². The highest BCUT2D eigenvalue weighted by molar-refractivity contribution is 5.94. The van der Waals surface area contributed by atoms with E-state index in [0.29, 0.717) is 18.6 Å². The highest BCUT2D eigenvalue weighted by atomic mass is 16.4. The minimum atomic E-state index is -0.874. The van der Waals surface area contributed by atoms with Crippen LogP contribution >= 0.6 is 0 Å². The lowest BCUT2D eigenvalue weighted by Crippen LogP contribution is -2.45. The topological polar surface area (TPSA) is 92.0 Å². The highest BCUT2D eigenvalue weighted by Gasteiger charge is 2.29. The summed E-state index contributed by atoms with van der Waals surface area (Å²) in [6.07, 6.45) is 5.95. The molecule has 1 unspecified atom stereocenters. The molecule has 0 spiro atoms. The molecule has 2 aromatic heterocycles. The molecule has 1 amide bonds. The molecule has 7 heteroatoms. The fourth-order valence-electron chi connectivity index (χ4n) is 3.41. The lowest BCUT2D eigenvalue weighted by molar-refractivity contribution is -0.137. The Morgan fingerprint density at radius 1 is 1.36 bits per heavy atom. The number of piperidine rings is 1. The van der Waals surface area contributed by atoms with Gasteiger partial charge in [-0.3, -0.25) is 18.8 Å². The number of carboxylic acid groups (broad SMARTS) is 1. The number of carboxylic acids is 1. The van der Waals surface area contributed by atoms with E-state index >= 15 is 0 Å². The molecule has 1 atom stereocenters. The fourth-order valence-corrected chi connectivity index (χ4v) is 3.41. The van der Waals surface area contributed by atoms with Gasteiger partial charge >= 0.3 is 5.97 Å². The Balaban J connectivity index is 1.93. The van der Waals surface area contributed by atoms with Gasteiger partial charge in [0.25, 0.3) is 11.5 Å². The van der Waals surface area contributed by atoms with Crippen molar-refractivity contribution in [2.75, 3.05) is 6.54 Å². The second-order valence-corrected chi connectivity index (χ2v) is 6.44. The first-order valence-corrected chi connectivity index (χ1v) is 8.49. The van der Waals surface area contributed by atoms with Crippen molar-refractivity contribution in [3.05, 3.63) is 46.0 Å². The number of pyridine rings is 1. The number of hydrogen-bond donors (Lipinski definition) is 1. The average molecular weight is 343 g/mol. The van der Waals surface area contributed by atoms with E-state index in [0.717, 1.165) is 24.8 Å². The van der Waals surface area contributed by atoms with Gasteiger partial charge in [-0.2, -0.15) is 0 Å². The molecule has 0 bridgehead atoms. The maximum Gasteiger partial charge on any atom is 0.303 e. The van der Waals surface area contributed by atoms with Crippen LogP contribution in [0, 0.1) is 6.92 Å². The lowest BCUT2D eigenvalue weighted by Gasteiger charge is -2.35. The predicted octanol–water partition coefficient (Wildman–Crippen LogP) is 1.86. The first-order chi connectivity index (χ1) is 12.0. The molecule has 1 N–H and O–H groups in total. The van der Waals surface area contributed by atoms with Crippen LogP contribution in [0.3, 0.4) is 0 Å². The van der Waals surface area contributed by atoms with Gasteiger partial charge in [-0.1, -0.05) is 6.07 Å². The van der Waals surface area contributed by atoms with Gasteiger partial charge in [0.05, 0.1) is 0 Å². The molecule has 0 aromatic carbocycles. The third-order valence-corrected chi connectivity index (χ3v) is 4.74. The second-order valence-electron chi connectivity index (χ2n) is 6.44. The van der Waals surface area contributed by atoms with Crippen LogP contribution in [0.2, 0.25) is 0 Å². The third kappa shape index (κ3) is 3.40. The van der Waals surface area contributed by atoms with Crippen LogP contribution in [-0.2, 0) is 4.79 Å². The summed E-state index contributed by atoms with van der Waals surface area (Å²) >= 11 is 0. The van der Waals surface area contributed by atoms with E-state index in [1.54, 1.807) is 17.2 Å². The van der Waals surface area contributed by atoms with Crippen molar-refractivity contribution in [3.8, 4) is 0 Å². The number of likely N-dealkylation sites (tertiary alicyclic amines) is 1. The molecule has 1 fully saturated rings. The number of aliphatic carboxylic acids is 1. The molecule has 0 radical (unpaired) electrons. The van der Waals surface area contributed by atoms with Gasteiger partial charge in [-0.15, -0.1) is 0 Å². The standard InChI is InChI=1S/C18H21N3O4/c1-12-5-4-10-21-16(12)19-11-14(18(21)25)17(24)20-9-3-2-6-13(20)7-8-15(22)23/h4-5,10-11,13H,2-3,6-9H2,1H3,(H,22,23). The van der Waals surface area contributed by atoms with Crippen molar-refractivity contribution in [2.45, 2.75) is 45.1 Å². The van der Waals surface area contributed by atoms with E-state index in [-0.39, 0.29) is 29.5 Å². The number of hydrogen-bond acceptors (Lipinski definition) is 4. The zero-order chi connectivity index (χ0) is 18.0. The van der Waals surface area contributed by atoms with Crippen LogP contribution in [0.4, 0.5) is 0 Å². The van der Waals surface area contributed by atoms with E-state index in [2.05, 4.69) is 4.98 Å². The molecular formula is C18H21N3O4. The number of fused-ring (bicyclic) bond motifs is 1. The SMILES string of the molecule is Cc1cccn2c(=O)c(C(=O)N3CCCCC3CCC(=O)O)cnc12. The van der Waals surface area contributed by atoms with Crippen LogP contribution < -0.4 is 5.56 Å². The van der Waals surface area contributed by atoms with E-state index in [4.69, 9.17) is 5.11 Å². The summed E-state index contributed by atoms with van der Waals surface area (Å²) in [5, 5.41) is 8.91. The summed E-state index contributed by atoms with van der Waals surface area (Å²) in [4.78, 5) is 42.4. The second kappa shape index (κ2) is 7.04. The number of amides is 1. The fraction of sp³-hybridized carbons (Fsp3) is 0.444. The van der Waals surface area contributed by atoms with Crippen molar-refractivity contribution >= 4 is 17.5 Å². The first kappa shape index (κ1) is 17.1. The van der Waals surface area contributed by atoms with Gasteiger partial charge in [0.1, 0.15) is 11.2 Å². The normalized spacial score (nSPS) is 17.6. The maximum atomic E-state index is 12.9. The van der Waals surface area contributed by atoms with Gasteiger partial charge in [-0.25, -0.2) is 4.98 Å². The van der Waals surface area contributed by atoms with Gasteiger partial charge in [-0.05, 0) is 44.2 Å². The molecule has 25 heavy (non-hydrogen) atoms. The van der Waals surface area contributed by atoms with E-state index < -0.39 is 5.97 Å². The molecule has 2 aromatic rings. The molecule has 7 nitrogen and oxygen atoms in total. The molecule has 1 aliphatic heterocycles. The summed E-state index contributed by atoms with van der Waals surface area (Å²) in [5.41, 5.74) is 1.03. The zero-order valence-corrected chi connectivity index (χ0v) is 14.1. The summed E-state index contributed by atoms with van der Waals surface area (Å²) in [7, 11) is 0. The maximum absolute atomic E-state index is 12.9. The zero-order valence-electron chi connectivity index (χ0n) is 14.1. The largest absolute Gasteiger partial charge is 0.481 e. The van der Waals surface area contributed by atoms with E-state index in [1.165, 1.54) is 10.6 Å². The Bertz CT molecular complexity index is 874. The monoisotopic (exact) mass is 343 g/mol. The van der Waals surface area contributed by atoms with Gasteiger partial charge < -0.3 is 10.0 Å². The highest BCUT2D eigenvalue weighted by Crippen LogP contribution is 2.22. The Hall–Kier alpha value is -2.70. The Labute approximate surface area is 144 Å². The van der Waals surface area contributed by atoms with E-state index in [9.17, 15) is 14.4 Å². The van der Waals surface area contributed by atoms with Crippen molar-refractivity contribution in [1.29, 1.82) is 0 Å². The van der Waals surface area contributed by atoms with Gasteiger partial charge in [0, 0.05) is 31.4 Å². The first-order valence-electron chi connectivity index (χ1n) is 8.49. The number of nitrogens with zero attached hydrogens (tertiary/aromatic N) is 3. The number of aryl methyl sites for hydroxylation is 1. The number of rotatable bonds is 4. The molecule has 1 aliphatic rings. The average Bonchev–Trinajstić information content (AvgIpc) is 2.61. The van der Waals surface area contributed by atoms with Gasteiger partial charge in [0.2, 0.25) is 0 Å². The number of carbonyl (C=O) groups is 2. The van der Waals surface area contributed by atoms with Crippen LogP contribution in [0.1, 0.15) is 48.0 Å². The van der Waals surface area contributed by atoms with E-state index in [1.807, 2.05) is 13.0 Å². The lowest BCUT2D eigenvalue weighted by atomic mass is 9.97. The Morgan fingerprint density at radius 2 is 2.16 bits per heavy atom. The summed E-state index contributed by atoms with van der Waals surface area (Å²) in [6.45, 7) is 2.40. The Morgan fingerprint density at radius 3 is 2.92 bits per heavy atom. The number of carbonyl (C=O) groups excluding carboxylic acids is 1. The summed E-state index contributed by atoms with van der Waals surface area (Å²) < 4.78 is 1.39. The molecule has 0 saturated carbocycles. The van der Waals surface area contributed by atoms with Gasteiger partial charge in [0.15, 0.2) is 0 Å². The molecule has 132 valence electrons. The third-order valence-electron chi connectivity index (χ3n) is 4.74. The van der Waals surface area contributed by atoms with Crippen molar-refractivity contribution in [2.24, 2.45) is 0 Å². The number of aromatic nitrogens is 2. The Kier molecular flexibility index (Phi) is 4.83. The molecule has 3 heterocycles. The smallest absolute Gasteiger partial charge is 0.303 e. The van der Waals surface area contributed by atoms with Crippen LogP contribution in [-0.4, -0.2) is 43.9 Å². The van der Waals surface area contributed by atoms with Crippen LogP contribution in [0.5, 0.6) is 0 Å². The molecule has 3 rings (SSSR count). The molecule has 1 saturated heterocycles. The van der Waals surface area contributed by atoms with Crippen LogP contribution in [0.15, 0.2) is 29.3 Å². The summed E-state index contributed by atoms with van der Waals surface area (Å²) in [5.74, 6) is -1.23. The molecular weight excluding hydrogens is 322 g/mol. The molecule has 0 aliphatic carbocycles. The predicted molar refractivity (Wildman–Crippen MR) is 91.7 cm³/mol. The van der Waals surface area contributed by atoms with Crippen LogP contribution in [0.25, 0.3) is 5.65 Å².